The van der Waals surface area contributed by atoms with Crippen molar-refractivity contribution in [1.29, 1.82) is 0 Å². The van der Waals surface area contributed by atoms with E-state index in [-0.39, 0.29) is 17.1 Å². The Morgan fingerprint density at radius 2 is 1.88 bits per heavy atom. The minimum absolute atomic E-state index is 0.126. The molecular formula is C27H24N4O2. The van der Waals surface area contributed by atoms with E-state index in [0.717, 1.165) is 33.6 Å². The van der Waals surface area contributed by atoms with Crippen molar-refractivity contribution in [2.24, 2.45) is 5.41 Å². The van der Waals surface area contributed by atoms with Crippen LogP contribution in [0.15, 0.2) is 72.3 Å². The second kappa shape index (κ2) is 7.10. The highest BCUT2D eigenvalue weighted by Crippen LogP contribution is 2.50. The highest BCUT2D eigenvalue weighted by atomic mass is 16.5. The number of aromatic nitrogens is 4. The first-order chi connectivity index (χ1) is 15.9. The van der Waals surface area contributed by atoms with Gasteiger partial charge in [0.05, 0.1) is 5.56 Å². The molecule has 2 aliphatic rings. The van der Waals surface area contributed by atoms with Crippen LogP contribution in [0.5, 0.6) is 5.88 Å². The molecule has 6 heteroatoms. The molecule has 33 heavy (non-hydrogen) atoms. The molecule has 0 spiro atoms. The van der Waals surface area contributed by atoms with Crippen molar-refractivity contribution in [3.05, 3.63) is 88.9 Å². The average Bonchev–Trinajstić information content (AvgIpc) is 3.22. The Hall–Kier alpha value is -3.80. The van der Waals surface area contributed by atoms with E-state index in [2.05, 4.69) is 37.0 Å². The third-order valence-electron chi connectivity index (χ3n) is 6.47. The molecule has 2 aromatic heterocycles. The number of ketones is 1. The molecule has 1 unspecified atom stereocenters. The predicted octanol–water partition coefficient (Wildman–Crippen LogP) is 5.27. The zero-order valence-electron chi connectivity index (χ0n) is 18.9. The Kier molecular flexibility index (Phi) is 4.27. The van der Waals surface area contributed by atoms with Gasteiger partial charge in [0.2, 0.25) is 5.88 Å². The van der Waals surface area contributed by atoms with Crippen LogP contribution in [0.3, 0.4) is 0 Å². The van der Waals surface area contributed by atoms with Crippen molar-refractivity contribution in [2.75, 3.05) is 0 Å². The Labute approximate surface area is 192 Å². The molecule has 4 aromatic rings. The maximum atomic E-state index is 13.4. The summed E-state index contributed by atoms with van der Waals surface area (Å²) in [6, 6.07) is 18.2. The summed E-state index contributed by atoms with van der Waals surface area (Å²) in [4.78, 5) is 22.9. The van der Waals surface area contributed by atoms with Crippen LogP contribution >= 0.6 is 0 Å². The van der Waals surface area contributed by atoms with Crippen LogP contribution < -0.4 is 4.74 Å². The van der Waals surface area contributed by atoms with Crippen molar-refractivity contribution in [2.45, 2.75) is 39.5 Å². The molecular weight excluding hydrogens is 412 g/mol. The fourth-order valence-electron chi connectivity index (χ4n) is 5.03. The number of fused-ring (bicyclic) bond motifs is 3. The van der Waals surface area contributed by atoms with E-state index in [1.54, 1.807) is 10.8 Å². The third-order valence-corrected chi connectivity index (χ3v) is 6.47. The number of aryl methyl sites for hydroxylation is 1. The first-order valence-electron chi connectivity index (χ1n) is 11.2. The summed E-state index contributed by atoms with van der Waals surface area (Å²) >= 11 is 0. The Morgan fingerprint density at radius 3 is 2.67 bits per heavy atom. The normalized spacial score (nSPS) is 19.2. The van der Waals surface area contributed by atoms with E-state index < -0.39 is 0 Å². The molecule has 0 bridgehead atoms. The van der Waals surface area contributed by atoms with E-state index in [0.29, 0.717) is 30.2 Å². The lowest BCUT2D eigenvalue weighted by Gasteiger charge is -2.37. The summed E-state index contributed by atoms with van der Waals surface area (Å²) in [5, 5.41) is 4.69. The molecule has 0 saturated heterocycles. The highest BCUT2D eigenvalue weighted by molar-refractivity contribution is 6.00. The SMILES string of the molecule is Cc1cccc(-c2nc3c4c(ncn3n2)OC2=C(C(=O)CC(C)(C)C2)C4c2ccccc2)c1. The molecule has 1 atom stereocenters. The number of carbonyl (C=O) groups is 1. The van der Waals surface area contributed by atoms with Gasteiger partial charge in [0.25, 0.3) is 0 Å². The average molecular weight is 437 g/mol. The molecule has 0 saturated carbocycles. The van der Waals surface area contributed by atoms with Gasteiger partial charge in [0.1, 0.15) is 12.1 Å². The molecule has 1 aliphatic carbocycles. The summed E-state index contributed by atoms with van der Waals surface area (Å²) < 4.78 is 8.00. The van der Waals surface area contributed by atoms with E-state index >= 15 is 0 Å². The number of benzene rings is 2. The van der Waals surface area contributed by atoms with Gasteiger partial charge in [-0.15, -0.1) is 5.10 Å². The highest BCUT2D eigenvalue weighted by Gasteiger charge is 2.43. The van der Waals surface area contributed by atoms with Crippen LogP contribution in [-0.4, -0.2) is 25.4 Å². The van der Waals surface area contributed by atoms with Crippen molar-refractivity contribution < 1.29 is 9.53 Å². The van der Waals surface area contributed by atoms with Gasteiger partial charge in [-0.25, -0.2) is 14.5 Å². The zero-order valence-corrected chi connectivity index (χ0v) is 18.9. The van der Waals surface area contributed by atoms with Crippen molar-refractivity contribution in [1.82, 2.24) is 19.6 Å². The minimum atomic E-state index is -0.292. The van der Waals surface area contributed by atoms with Gasteiger partial charge in [0.15, 0.2) is 17.3 Å². The van der Waals surface area contributed by atoms with Crippen LogP contribution in [-0.2, 0) is 4.79 Å². The quantitative estimate of drug-likeness (QED) is 0.428. The van der Waals surface area contributed by atoms with Gasteiger partial charge in [-0.2, -0.15) is 0 Å². The number of hydrogen-bond donors (Lipinski definition) is 0. The number of hydrogen-bond acceptors (Lipinski definition) is 5. The second-order valence-corrected chi connectivity index (χ2v) is 9.76. The molecule has 6 nitrogen and oxygen atoms in total. The monoisotopic (exact) mass is 436 g/mol. The fourth-order valence-corrected chi connectivity index (χ4v) is 5.03. The van der Waals surface area contributed by atoms with Crippen LogP contribution in [0.4, 0.5) is 0 Å². The molecule has 0 amide bonds. The lowest BCUT2D eigenvalue weighted by molar-refractivity contribution is -0.118. The number of nitrogens with zero attached hydrogens (tertiary/aromatic N) is 4. The maximum Gasteiger partial charge on any atom is 0.228 e. The van der Waals surface area contributed by atoms with E-state index in [1.807, 2.05) is 43.3 Å². The van der Waals surface area contributed by atoms with Crippen LogP contribution in [0.25, 0.3) is 17.0 Å². The number of Topliss-reactive ketones (excluding diaryl/α,β-unsaturated/α-hetero) is 1. The maximum absolute atomic E-state index is 13.4. The van der Waals surface area contributed by atoms with Crippen molar-refractivity contribution in [3.8, 4) is 17.3 Å². The zero-order chi connectivity index (χ0) is 22.7. The first-order valence-corrected chi connectivity index (χ1v) is 11.2. The van der Waals surface area contributed by atoms with Crippen LogP contribution in [0.2, 0.25) is 0 Å². The van der Waals surface area contributed by atoms with E-state index in [1.165, 1.54) is 0 Å². The van der Waals surface area contributed by atoms with Crippen LogP contribution in [0, 0.1) is 12.3 Å². The minimum Gasteiger partial charge on any atom is -0.442 e. The lowest BCUT2D eigenvalue weighted by Crippen LogP contribution is -2.33. The summed E-state index contributed by atoms with van der Waals surface area (Å²) in [7, 11) is 0. The first kappa shape index (κ1) is 19.9. The second-order valence-electron chi connectivity index (χ2n) is 9.76. The largest absolute Gasteiger partial charge is 0.442 e. The van der Waals surface area contributed by atoms with E-state index in [9.17, 15) is 4.79 Å². The Morgan fingerprint density at radius 1 is 1.06 bits per heavy atom. The summed E-state index contributed by atoms with van der Waals surface area (Å²) in [6.07, 6.45) is 2.83. The van der Waals surface area contributed by atoms with Gasteiger partial charge < -0.3 is 4.74 Å². The lowest BCUT2D eigenvalue weighted by atomic mass is 9.70. The van der Waals surface area contributed by atoms with Gasteiger partial charge in [0, 0.05) is 29.9 Å². The summed E-state index contributed by atoms with van der Waals surface area (Å²) in [6.45, 7) is 6.26. The Bertz CT molecular complexity index is 1450. The van der Waals surface area contributed by atoms with Gasteiger partial charge in [-0.1, -0.05) is 67.9 Å². The van der Waals surface area contributed by atoms with Gasteiger partial charge >= 0.3 is 0 Å². The molecule has 0 N–H and O–H groups in total. The molecule has 1 aliphatic heterocycles. The molecule has 0 fully saturated rings. The standard InChI is InChI=1S/C27H24N4O2/c1-16-8-7-11-18(12-16)24-29-25-23-21(17-9-5-4-6-10-17)22-19(32)13-27(2,3)14-20(22)33-26(23)28-15-31(25)30-24/h4-12,15,21H,13-14H2,1-3H3. The number of carbonyl (C=O) groups excluding carboxylic acids is 1. The topological polar surface area (TPSA) is 69.4 Å². The Balaban J connectivity index is 1.60. The molecule has 2 aromatic carbocycles. The van der Waals surface area contributed by atoms with Gasteiger partial charge in [-0.3, -0.25) is 4.79 Å². The van der Waals surface area contributed by atoms with Crippen LogP contribution in [0.1, 0.15) is 49.3 Å². The van der Waals surface area contributed by atoms with E-state index in [4.69, 9.17) is 14.8 Å². The number of allylic oxidation sites excluding steroid dienone is 2. The predicted molar refractivity (Wildman–Crippen MR) is 125 cm³/mol. The summed E-state index contributed by atoms with van der Waals surface area (Å²) in [5.41, 5.74) is 5.14. The number of rotatable bonds is 2. The smallest absolute Gasteiger partial charge is 0.228 e. The third kappa shape index (κ3) is 3.25. The molecule has 3 heterocycles. The number of ether oxygens (including phenoxy) is 1. The molecule has 6 rings (SSSR count). The van der Waals surface area contributed by atoms with Crippen molar-refractivity contribution >= 4 is 11.4 Å². The van der Waals surface area contributed by atoms with Gasteiger partial charge in [-0.05, 0) is 24.0 Å². The molecule has 0 radical (unpaired) electrons. The molecule has 164 valence electrons. The summed E-state index contributed by atoms with van der Waals surface area (Å²) in [5.74, 6) is 1.69. The van der Waals surface area contributed by atoms with Crippen molar-refractivity contribution in [3.63, 3.8) is 0 Å². The fraction of sp³-hybridized carbons (Fsp3) is 0.259.